The second kappa shape index (κ2) is 10.1. The monoisotopic (exact) mass is 425 g/mol. The summed E-state index contributed by atoms with van der Waals surface area (Å²) in [5, 5.41) is 3.80. The topological polar surface area (TPSA) is 79.4 Å². The summed E-state index contributed by atoms with van der Waals surface area (Å²) < 4.78 is 27.1. The van der Waals surface area contributed by atoms with Gasteiger partial charge in [-0.25, -0.2) is 13.4 Å². The first-order valence-electron chi connectivity index (χ1n) is 10.3. The molecule has 6 nitrogen and oxygen atoms in total. The standard InChI is InChI=1S/C20H31N3O3S2/c1-16-8-4-5-9-18(16)22-19(24)15-27-20-11-10-17(14-21-20)28(25,26)23-12-6-2-3-7-13-23/h10-11,14,16,18H,2-9,12-13,15H2,1H3,(H,22,24)/t16-,18+/m1/s1. The van der Waals surface area contributed by atoms with Crippen molar-refractivity contribution < 1.29 is 13.2 Å². The van der Waals surface area contributed by atoms with E-state index >= 15 is 0 Å². The summed E-state index contributed by atoms with van der Waals surface area (Å²) in [7, 11) is -3.48. The minimum atomic E-state index is -3.48. The Balaban J connectivity index is 1.53. The van der Waals surface area contributed by atoms with Crippen molar-refractivity contribution in [2.75, 3.05) is 18.8 Å². The summed E-state index contributed by atoms with van der Waals surface area (Å²) in [6.45, 7) is 3.36. The highest BCUT2D eigenvalue weighted by Gasteiger charge is 2.26. The fourth-order valence-corrected chi connectivity index (χ4v) is 6.07. The third-order valence-corrected chi connectivity index (χ3v) is 8.55. The Kier molecular flexibility index (Phi) is 7.77. The van der Waals surface area contributed by atoms with Crippen LogP contribution in [0.15, 0.2) is 28.3 Å². The van der Waals surface area contributed by atoms with Gasteiger partial charge in [-0.1, -0.05) is 44.4 Å². The van der Waals surface area contributed by atoms with E-state index in [1.54, 1.807) is 16.4 Å². The van der Waals surface area contributed by atoms with Crippen molar-refractivity contribution in [1.29, 1.82) is 0 Å². The van der Waals surface area contributed by atoms with Crippen LogP contribution in [-0.4, -0.2) is 48.5 Å². The first-order chi connectivity index (χ1) is 13.5. The van der Waals surface area contributed by atoms with E-state index in [0.717, 1.165) is 32.1 Å². The Hall–Kier alpha value is -1.12. The van der Waals surface area contributed by atoms with E-state index in [-0.39, 0.29) is 16.8 Å². The summed E-state index contributed by atoms with van der Waals surface area (Å²) in [5.74, 6) is 0.852. The summed E-state index contributed by atoms with van der Waals surface area (Å²) in [4.78, 5) is 16.7. The van der Waals surface area contributed by atoms with Crippen LogP contribution < -0.4 is 5.32 Å². The maximum absolute atomic E-state index is 12.8. The van der Waals surface area contributed by atoms with Gasteiger partial charge >= 0.3 is 0 Å². The first kappa shape index (κ1) is 21.6. The molecule has 1 aromatic rings. The number of pyridine rings is 1. The zero-order valence-corrected chi connectivity index (χ0v) is 18.2. The molecule has 1 N–H and O–H groups in total. The van der Waals surface area contributed by atoms with E-state index in [0.29, 0.717) is 29.8 Å². The van der Waals surface area contributed by atoms with Gasteiger partial charge in [0.25, 0.3) is 0 Å². The number of hydrogen-bond donors (Lipinski definition) is 1. The van der Waals surface area contributed by atoms with Gasteiger partial charge in [0.1, 0.15) is 4.90 Å². The maximum atomic E-state index is 12.8. The molecular weight excluding hydrogens is 394 g/mol. The number of amides is 1. The molecule has 1 amide bonds. The Morgan fingerprint density at radius 1 is 1.14 bits per heavy atom. The van der Waals surface area contributed by atoms with E-state index in [2.05, 4.69) is 17.2 Å². The molecule has 2 heterocycles. The minimum Gasteiger partial charge on any atom is -0.352 e. The molecule has 0 radical (unpaired) electrons. The molecule has 2 fully saturated rings. The number of thioether (sulfide) groups is 1. The Labute approximate surface area is 172 Å². The van der Waals surface area contributed by atoms with Crippen molar-refractivity contribution in [2.24, 2.45) is 5.92 Å². The van der Waals surface area contributed by atoms with Crippen LogP contribution in [0.4, 0.5) is 0 Å². The molecule has 0 unspecified atom stereocenters. The van der Waals surface area contributed by atoms with Crippen LogP contribution in [-0.2, 0) is 14.8 Å². The number of carbonyl (C=O) groups is 1. The molecule has 3 rings (SSSR count). The number of sulfonamides is 1. The highest BCUT2D eigenvalue weighted by atomic mass is 32.2. The van der Waals surface area contributed by atoms with Crippen LogP contribution in [0.2, 0.25) is 0 Å². The summed E-state index contributed by atoms with van der Waals surface area (Å²) in [6, 6.07) is 3.58. The van der Waals surface area contributed by atoms with Crippen molar-refractivity contribution >= 4 is 27.7 Å². The van der Waals surface area contributed by atoms with Crippen molar-refractivity contribution in [3.8, 4) is 0 Å². The van der Waals surface area contributed by atoms with Gasteiger partial charge in [0.15, 0.2) is 0 Å². The van der Waals surface area contributed by atoms with Crippen LogP contribution in [0.25, 0.3) is 0 Å². The molecule has 1 aliphatic carbocycles. The molecule has 1 saturated heterocycles. The zero-order valence-electron chi connectivity index (χ0n) is 16.6. The second-order valence-corrected chi connectivity index (χ2v) is 10.8. The Morgan fingerprint density at radius 2 is 1.86 bits per heavy atom. The van der Waals surface area contributed by atoms with E-state index < -0.39 is 10.0 Å². The van der Waals surface area contributed by atoms with Gasteiger partial charge in [-0.2, -0.15) is 4.31 Å². The van der Waals surface area contributed by atoms with E-state index in [1.165, 1.54) is 37.2 Å². The molecule has 2 aliphatic rings. The molecule has 1 saturated carbocycles. The lowest BCUT2D eigenvalue weighted by molar-refractivity contribution is -0.119. The normalized spacial score (nSPS) is 24.5. The van der Waals surface area contributed by atoms with Gasteiger partial charge < -0.3 is 5.32 Å². The average Bonchev–Trinajstić information content (AvgIpc) is 2.99. The quantitative estimate of drug-likeness (QED) is 0.707. The molecule has 0 aromatic carbocycles. The highest BCUT2D eigenvalue weighted by Crippen LogP contribution is 2.25. The highest BCUT2D eigenvalue weighted by molar-refractivity contribution is 7.99. The van der Waals surface area contributed by atoms with E-state index in [1.807, 2.05) is 0 Å². The third kappa shape index (κ3) is 5.70. The first-order valence-corrected chi connectivity index (χ1v) is 12.8. The number of nitrogens with zero attached hydrogens (tertiary/aromatic N) is 2. The molecule has 8 heteroatoms. The molecule has 2 atom stereocenters. The number of hydrogen-bond acceptors (Lipinski definition) is 5. The zero-order chi connectivity index (χ0) is 20.0. The molecular formula is C20H31N3O3S2. The Morgan fingerprint density at radius 3 is 2.50 bits per heavy atom. The molecule has 0 spiro atoms. The van der Waals surface area contributed by atoms with E-state index in [4.69, 9.17) is 0 Å². The fourth-order valence-electron chi connectivity index (χ4n) is 3.95. The van der Waals surface area contributed by atoms with Crippen LogP contribution in [0.5, 0.6) is 0 Å². The number of carbonyl (C=O) groups excluding carboxylic acids is 1. The second-order valence-electron chi connectivity index (χ2n) is 7.87. The SMILES string of the molecule is C[C@@H]1CCCC[C@@H]1NC(=O)CSc1ccc(S(=O)(=O)N2CCCCCC2)cn1. The van der Waals surface area contributed by atoms with Crippen LogP contribution in [0.1, 0.15) is 58.3 Å². The van der Waals surface area contributed by atoms with Crippen molar-refractivity contribution in [2.45, 2.75) is 74.3 Å². The molecule has 156 valence electrons. The van der Waals surface area contributed by atoms with Gasteiger partial charge in [0.05, 0.1) is 10.8 Å². The van der Waals surface area contributed by atoms with Crippen molar-refractivity contribution in [1.82, 2.24) is 14.6 Å². The predicted molar refractivity (Wildman–Crippen MR) is 112 cm³/mol. The summed E-state index contributed by atoms with van der Waals surface area (Å²) >= 11 is 1.35. The van der Waals surface area contributed by atoms with Crippen molar-refractivity contribution in [3.63, 3.8) is 0 Å². The minimum absolute atomic E-state index is 0.0202. The fraction of sp³-hybridized carbons (Fsp3) is 0.700. The molecule has 1 aromatic heterocycles. The summed E-state index contributed by atoms with van der Waals surface area (Å²) in [5.41, 5.74) is 0. The summed E-state index contributed by atoms with van der Waals surface area (Å²) in [6.07, 6.45) is 10.1. The smallest absolute Gasteiger partial charge is 0.244 e. The lowest BCUT2D eigenvalue weighted by Crippen LogP contribution is -2.41. The lowest BCUT2D eigenvalue weighted by Gasteiger charge is -2.29. The average molecular weight is 426 g/mol. The molecule has 1 aliphatic heterocycles. The van der Waals surface area contributed by atoms with Gasteiger partial charge in [0.2, 0.25) is 15.9 Å². The van der Waals surface area contributed by atoms with E-state index in [9.17, 15) is 13.2 Å². The van der Waals surface area contributed by atoms with Gasteiger partial charge in [0, 0.05) is 25.3 Å². The third-order valence-electron chi connectivity index (χ3n) is 5.72. The van der Waals surface area contributed by atoms with Crippen LogP contribution in [0, 0.1) is 5.92 Å². The maximum Gasteiger partial charge on any atom is 0.244 e. The predicted octanol–water partition coefficient (Wildman–Crippen LogP) is 3.43. The van der Waals surface area contributed by atoms with Crippen LogP contribution >= 0.6 is 11.8 Å². The van der Waals surface area contributed by atoms with Gasteiger partial charge in [-0.3, -0.25) is 4.79 Å². The molecule has 28 heavy (non-hydrogen) atoms. The number of rotatable bonds is 6. The van der Waals surface area contributed by atoms with Crippen LogP contribution in [0.3, 0.4) is 0 Å². The largest absolute Gasteiger partial charge is 0.352 e. The molecule has 0 bridgehead atoms. The lowest BCUT2D eigenvalue weighted by atomic mass is 9.86. The number of nitrogens with one attached hydrogen (secondary N) is 1. The van der Waals surface area contributed by atoms with Gasteiger partial charge in [-0.05, 0) is 43.7 Å². The number of aromatic nitrogens is 1. The van der Waals surface area contributed by atoms with Gasteiger partial charge in [-0.15, -0.1) is 0 Å². The van der Waals surface area contributed by atoms with Crippen molar-refractivity contribution in [3.05, 3.63) is 18.3 Å². The Bertz CT molecular complexity index is 744.